The number of fused-ring (bicyclic) bond motifs is 1. The summed E-state index contributed by atoms with van der Waals surface area (Å²) in [6, 6.07) is 6.62. The number of aromatic nitrogens is 4. The molecule has 1 fully saturated rings. The van der Waals surface area contributed by atoms with E-state index in [9.17, 15) is 4.79 Å². The minimum Gasteiger partial charge on any atom is -0.306 e. The molecule has 2 aromatic heterocycles. The number of carbonyl (C=O) groups is 1. The van der Waals surface area contributed by atoms with E-state index in [0.717, 1.165) is 52.2 Å². The van der Waals surface area contributed by atoms with Crippen LogP contribution in [0.5, 0.6) is 0 Å². The lowest BCUT2D eigenvalue weighted by Gasteiger charge is -2.31. The Morgan fingerprint density at radius 2 is 1.96 bits per heavy atom. The topological polar surface area (TPSA) is 71.9 Å². The van der Waals surface area contributed by atoms with Crippen molar-refractivity contribution in [1.29, 1.82) is 0 Å². The van der Waals surface area contributed by atoms with Crippen LogP contribution >= 0.6 is 11.3 Å². The lowest BCUT2D eigenvalue weighted by atomic mass is 9.82. The quantitative estimate of drug-likeness (QED) is 0.656. The van der Waals surface area contributed by atoms with E-state index in [2.05, 4.69) is 39.2 Å². The number of nitrogens with zero attached hydrogens (tertiary/aromatic N) is 5. The van der Waals surface area contributed by atoms with Crippen molar-refractivity contribution < 1.29 is 4.79 Å². The van der Waals surface area contributed by atoms with Crippen LogP contribution in [0.15, 0.2) is 24.4 Å². The molecule has 3 aromatic rings. The number of rotatable bonds is 5. The van der Waals surface area contributed by atoms with Gasteiger partial charge >= 0.3 is 0 Å². The summed E-state index contributed by atoms with van der Waals surface area (Å²) in [5, 5.41) is 11.1. The Morgan fingerprint density at radius 3 is 2.64 bits per heavy atom. The zero-order valence-corrected chi connectivity index (χ0v) is 17.4. The maximum atomic E-state index is 12.8. The first kappa shape index (κ1) is 19.1. The molecule has 7 heteroatoms. The average molecular weight is 396 g/mol. The molecule has 0 radical (unpaired) electrons. The van der Waals surface area contributed by atoms with E-state index in [1.54, 1.807) is 11.3 Å². The summed E-state index contributed by atoms with van der Waals surface area (Å²) < 4.78 is 0. The standard InChI is InChI=1S/C21H25N5OS/c1-13-24-25-21(28-13)15-4-5-16-12-22-20(23-18(16)10-15)11-19(27)14-6-8-17(9-7-14)26(2)3/h4-5,10,12,14,17H,6-9,11H2,1-3H3. The zero-order valence-electron chi connectivity index (χ0n) is 16.6. The minimum atomic E-state index is 0.145. The van der Waals surface area contributed by atoms with E-state index in [1.165, 1.54) is 0 Å². The predicted octanol–water partition coefficient (Wildman–Crippen LogP) is 3.69. The second-order valence-electron chi connectivity index (χ2n) is 7.80. The lowest BCUT2D eigenvalue weighted by molar-refractivity contribution is -0.123. The maximum absolute atomic E-state index is 12.8. The number of aryl methyl sites for hydroxylation is 1. The molecule has 0 atom stereocenters. The van der Waals surface area contributed by atoms with E-state index >= 15 is 0 Å². The SMILES string of the molecule is Cc1nnc(-c2ccc3cnc(CC(=O)C4CCC(N(C)C)CC4)nc3c2)s1. The molecule has 2 heterocycles. The van der Waals surface area contributed by atoms with Gasteiger partial charge in [-0.25, -0.2) is 9.97 Å². The van der Waals surface area contributed by atoms with Crippen LogP contribution < -0.4 is 0 Å². The highest BCUT2D eigenvalue weighted by Crippen LogP contribution is 2.29. The predicted molar refractivity (Wildman–Crippen MR) is 111 cm³/mol. The summed E-state index contributed by atoms with van der Waals surface area (Å²) in [6.45, 7) is 1.94. The number of carbonyl (C=O) groups excluding carboxylic acids is 1. The van der Waals surface area contributed by atoms with Crippen molar-refractivity contribution in [1.82, 2.24) is 25.1 Å². The summed E-state index contributed by atoms with van der Waals surface area (Å²) >= 11 is 1.56. The summed E-state index contributed by atoms with van der Waals surface area (Å²) in [6.07, 6.45) is 6.24. The molecule has 146 valence electrons. The molecule has 1 aliphatic rings. The van der Waals surface area contributed by atoms with Crippen molar-refractivity contribution in [2.24, 2.45) is 5.92 Å². The average Bonchev–Trinajstić information content (AvgIpc) is 3.14. The van der Waals surface area contributed by atoms with Crippen molar-refractivity contribution in [2.45, 2.75) is 45.1 Å². The molecule has 0 spiro atoms. The fourth-order valence-electron chi connectivity index (χ4n) is 3.91. The summed E-state index contributed by atoms with van der Waals surface area (Å²) in [5.41, 5.74) is 1.84. The molecule has 0 N–H and O–H groups in total. The van der Waals surface area contributed by atoms with Crippen LogP contribution in [0.3, 0.4) is 0 Å². The van der Waals surface area contributed by atoms with Crippen molar-refractivity contribution in [3.8, 4) is 10.6 Å². The molecule has 0 bridgehead atoms. The fraction of sp³-hybridized carbons (Fsp3) is 0.476. The van der Waals surface area contributed by atoms with Gasteiger partial charge in [0.05, 0.1) is 11.9 Å². The molecule has 0 saturated heterocycles. The molecule has 1 aliphatic carbocycles. The number of benzene rings is 1. The largest absolute Gasteiger partial charge is 0.306 e. The van der Waals surface area contributed by atoms with Crippen LogP contribution in [0.1, 0.15) is 36.5 Å². The van der Waals surface area contributed by atoms with Gasteiger partial charge in [-0.2, -0.15) is 0 Å². The van der Waals surface area contributed by atoms with Crippen molar-refractivity contribution in [3.05, 3.63) is 35.2 Å². The molecule has 1 saturated carbocycles. The van der Waals surface area contributed by atoms with Gasteiger partial charge in [0.25, 0.3) is 0 Å². The number of Topliss-reactive ketones (excluding diaryl/α,β-unsaturated/α-hetero) is 1. The first-order chi connectivity index (χ1) is 13.5. The zero-order chi connectivity index (χ0) is 19.7. The van der Waals surface area contributed by atoms with E-state index in [-0.39, 0.29) is 11.7 Å². The van der Waals surface area contributed by atoms with Gasteiger partial charge in [0.1, 0.15) is 21.6 Å². The van der Waals surface area contributed by atoms with E-state index in [0.29, 0.717) is 18.3 Å². The number of ketones is 1. The first-order valence-electron chi connectivity index (χ1n) is 9.75. The molecule has 28 heavy (non-hydrogen) atoms. The van der Waals surface area contributed by atoms with Gasteiger partial charge in [-0.15, -0.1) is 10.2 Å². The molecular formula is C21H25N5OS. The highest BCUT2D eigenvalue weighted by molar-refractivity contribution is 7.14. The smallest absolute Gasteiger partial charge is 0.147 e. The number of hydrogen-bond donors (Lipinski definition) is 0. The summed E-state index contributed by atoms with van der Waals surface area (Å²) in [5.74, 6) is 1.02. The molecule has 0 aliphatic heterocycles. The van der Waals surface area contributed by atoms with Crippen LogP contribution in [0.2, 0.25) is 0 Å². The van der Waals surface area contributed by atoms with Crippen LogP contribution in [0.25, 0.3) is 21.5 Å². The van der Waals surface area contributed by atoms with Crippen LogP contribution in [-0.4, -0.2) is 51.0 Å². The Labute approximate surface area is 169 Å². The van der Waals surface area contributed by atoms with Gasteiger partial charge in [0, 0.05) is 29.1 Å². The summed E-state index contributed by atoms with van der Waals surface area (Å²) in [4.78, 5) is 24.1. The molecular weight excluding hydrogens is 370 g/mol. The van der Waals surface area contributed by atoms with Gasteiger partial charge in [-0.05, 0) is 52.8 Å². The summed E-state index contributed by atoms with van der Waals surface area (Å²) in [7, 11) is 4.24. The van der Waals surface area contributed by atoms with E-state index < -0.39 is 0 Å². The van der Waals surface area contributed by atoms with Crippen molar-refractivity contribution in [3.63, 3.8) is 0 Å². The highest BCUT2D eigenvalue weighted by atomic mass is 32.1. The maximum Gasteiger partial charge on any atom is 0.147 e. The second-order valence-corrected chi connectivity index (χ2v) is 8.98. The van der Waals surface area contributed by atoms with Crippen molar-refractivity contribution >= 4 is 28.0 Å². The van der Waals surface area contributed by atoms with Crippen LogP contribution in [0.4, 0.5) is 0 Å². The third-order valence-electron chi connectivity index (χ3n) is 5.62. The number of hydrogen-bond acceptors (Lipinski definition) is 7. The van der Waals surface area contributed by atoms with E-state index in [4.69, 9.17) is 0 Å². The first-order valence-corrected chi connectivity index (χ1v) is 10.6. The minimum absolute atomic E-state index is 0.145. The lowest BCUT2D eigenvalue weighted by Crippen LogP contribution is -2.34. The van der Waals surface area contributed by atoms with Gasteiger partial charge < -0.3 is 4.90 Å². The Balaban J connectivity index is 1.49. The monoisotopic (exact) mass is 395 g/mol. The van der Waals surface area contributed by atoms with Crippen molar-refractivity contribution in [2.75, 3.05) is 14.1 Å². The fourth-order valence-corrected chi connectivity index (χ4v) is 4.60. The van der Waals surface area contributed by atoms with Gasteiger partial charge in [0.15, 0.2) is 0 Å². The molecule has 0 amide bonds. The van der Waals surface area contributed by atoms with Gasteiger partial charge in [-0.1, -0.05) is 23.5 Å². The third-order valence-corrected chi connectivity index (χ3v) is 6.51. The molecule has 0 unspecified atom stereocenters. The van der Waals surface area contributed by atoms with Gasteiger partial charge in [0.2, 0.25) is 0 Å². The molecule has 1 aromatic carbocycles. The Hall–Kier alpha value is -2.25. The Morgan fingerprint density at radius 1 is 1.18 bits per heavy atom. The van der Waals surface area contributed by atoms with E-state index in [1.807, 2.05) is 31.3 Å². The highest BCUT2D eigenvalue weighted by Gasteiger charge is 2.27. The molecule has 6 nitrogen and oxygen atoms in total. The van der Waals surface area contributed by atoms with Gasteiger partial charge in [-0.3, -0.25) is 4.79 Å². The molecule has 4 rings (SSSR count). The Bertz CT molecular complexity index is 991. The third kappa shape index (κ3) is 4.10. The van der Waals surface area contributed by atoms with Crippen LogP contribution in [-0.2, 0) is 11.2 Å². The van der Waals surface area contributed by atoms with Crippen LogP contribution in [0, 0.1) is 12.8 Å². The second kappa shape index (κ2) is 8.01. The normalized spacial score (nSPS) is 20.0. The Kier molecular flexibility index (Phi) is 5.46.